The van der Waals surface area contributed by atoms with Crippen LogP contribution < -0.4 is 0 Å². The Bertz CT molecular complexity index is 797. The van der Waals surface area contributed by atoms with E-state index in [1.165, 1.54) is 0 Å². The van der Waals surface area contributed by atoms with Crippen LogP contribution in [-0.4, -0.2) is 15.9 Å². The summed E-state index contributed by atoms with van der Waals surface area (Å²) in [6.07, 6.45) is 2.70. The van der Waals surface area contributed by atoms with E-state index in [0.717, 1.165) is 16.9 Å². The molecular formula is C21H21NO3. The van der Waals surface area contributed by atoms with Gasteiger partial charge in [0.15, 0.2) is 0 Å². The van der Waals surface area contributed by atoms with Crippen molar-refractivity contribution < 1.29 is 14.3 Å². The van der Waals surface area contributed by atoms with E-state index in [1.54, 1.807) is 23.3 Å². The zero-order chi connectivity index (χ0) is 17.5. The molecule has 0 bridgehead atoms. The number of aromatic hydroxyl groups is 1. The van der Waals surface area contributed by atoms with Crippen LogP contribution in [0.2, 0.25) is 0 Å². The second kappa shape index (κ2) is 8.20. The van der Waals surface area contributed by atoms with Gasteiger partial charge in [-0.05, 0) is 30.2 Å². The molecule has 1 amide bonds. The van der Waals surface area contributed by atoms with Crippen molar-refractivity contribution in [3.63, 3.8) is 0 Å². The van der Waals surface area contributed by atoms with Crippen LogP contribution in [0, 0.1) is 0 Å². The Kier molecular flexibility index (Phi) is 5.52. The zero-order valence-corrected chi connectivity index (χ0v) is 14.0. The molecule has 3 rings (SSSR count). The standard InChI is InChI=1S/C21H21NO3/c23-20-11-5-4-9-18(20)15-22(16-19-10-6-14-25-19)21(24)13-12-17-7-2-1-3-8-17/h1-11,14,23H,12-13,15-16H2. The van der Waals surface area contributed by atoms with Crippen molar-refractivity contribution in [2.24, 2.45) is 0 Å². The number of para-hydroxylation sites is 1. The van der Waals surface area contributed by atoms with Gasteiger partial charge in [0.2, 0.25) is 5.91 Å². The van der Waals surface area contributed by atoms with E-state index < -0.39 is 0 Å². The number of rotatable bonds is 7. The van der Waals surface area contributed by atoms with Gasteiger partial charge >= 0.3 is 0 Å². The van der Waals surface area contributed by atoms with Crippen molar-refractivity contribution in [2.75, 3.05) is 0 Å². The third kappa shape index (κ3) is 4.73. The van der Waals surface area contributed by atoms with Gasteiger partial charge in [-0.2, -0.15) is 0 Å². The lowest BCUT2D eigenvalue weighted by atomic mass is 10.1. The van der Waals surface area contributed by atoms with Crippen LogP contribution in [-0.2, 0) is 24.3 Å². The number of phenolic OH excluding ortho intramolecular Hbond substituents is 1. The van der Waals surface area contributed by atoms with E-state index in [9.17, 15) is 9.90 Å². The number of hydrogen-bond acceptors (Lipinski definition) is 3. The molecule has 0 aliphatic carbocycles. The fourth-order valence-electron chi connectivity index (χ4n) is 2.73. The zero-order valence-electron chi connectivity index (χ0n) is 14.0. The molecule has 1 aromatic heterocycles. The summed E-state index contributed by atoms with van der Waals surface area (Å²) >= 11 is 0. The van der Waals surface area contributed by atoms with Gasteiger partial charge in [-0.3, -0.25) is 4.79 Å². The molecule has 128 valence electrons. The fourth-order valence-corrected chi connectivity index (χ4v) is 2.73. The lowest BCUT2D eigenvalue weighted by molar-refractivity contribution is -0.132. The van der Waals surface area contributed by atoms with Crippen LogP contribution in [0.3, 0.4) is 0 Å². The number of amides is 1. The number of nitrogens with zero attached hydrogens (tertiary/aromatic N) is 1. The Morgan fingerprint density at radius 2 is 1.68 bits per heavy atom. The number of carbonyl (C=O) groups is 1. The average Bonchev–Trinajstić information content (AvgIpc) is 3.15. The molecular weight excluding hydrogens is 314 g/mol. The first-order valence-electron chi connectivity index (χ1n) is 8.33. The van der Waals surface area contributed by atoms with Crippen molar-refractivity contribution in [1.82, 2.24) is 4.90 Å². The molecule has 25 heavy (non-hydrogen) atoms. The van der Waals surface area contributed by atoms with Gasteiger partial charge in [0, 0.05) is 18.5 Å². The minimum Gasteiger partial charge on any atom is -0.508 e. The number of carbonyl (C=O) groups excluding carboxylic acids is 1. The van der Waals surface area contributed by atoms with E-state index in [-0.39, 0.29) is 11.7 Å². The van der Waals surface area contributed by atoms with Gasteiger partial charge in [-0.15, -0.1) is 0 Å². The third-order valence-electron chi connectivity index (χ3n) is 4.10. The highest BCUT2D eigenvalue weighted by molar-refractivity contribution is 5.76. The highest BCUT2D eigenvalue weighted by Gasteiger charge is 2.17. The first kappa shape index (κ1) is 16.8. The molecule has 0 atom stereocenters. The maximum absolute atomic E-state index is 12.8. The van der Waals surface area contributed by atoms with Gasteiger partial charge in [-0.1, -0.05) is 48.5 Å². The minimum absolute atomic E-state index is 0.0310. The van der Waals surface area contributed by atoms with Crippen molar-refractivity contribution >= 4 is 5.91 Å². The molecule has 3 aromatic rings. The molecule has 0 fully saturated rings. The number of furan rings is 1. The number of hydrogen-bond donors (Lipinski definition) is 1. The lowest BCUT2D eigenvalue weighted by Crippen LogP contribution is -2.30. The molecule has 0 aliphatic heterocycles. The van der Waals surface area contributed by atoms with E-state index in [1.807, 2.05) is 54.6 Å². The van der Waals surface area contributed by atoms with Crippen LogP contribution in [0.1, 0.15) is 23.3 Å². The number of benzene rings is 2. The maximum Gasteiger partial charge on any atom is 0.223 e. The van der Waals surface area contributed by atoms with Gasteiger partial charge in [0.05, 0.1) is 12.8 Å². The van der Waals surface area contributed by atoms with E-state index in [0.29, 0.717) is 25.9 Å². The largest absolute Gasteiger partial charge is 0.508 e. The number of phenols is 1. The highest BCUT2D eigenvalue weighted by atomic mass is 16.3. The summed E-state index contributed by atoms with van der Waals surface area (Å²) < 4.78 is 5.39. The summed E-state index contributed by atoms with van der Waals surface area (Å²) in [5.41, 5.74) is 1.86. The monoisotopic (exact) mass is 335 g/mol. The Labute approximate surface area is 147 Å². The normalized spacial score (nSPS) is 10.6. The van der Waals surface area contributed by atoms with Crippen molar-refractivity contribution in [3.05, 3.63) is 89.9 Å². The molecule has 1 heterocycles. The van der Waals surface area contributed by atoms with E-state index in [2.05, 4.69) is 0 Å². The van der Waals surface area contributed by atoms with Crippen molar-refractivity contribution in [3.8, 4) is 5.75 Å². The van der Waals surface area contributed by atoms with E-state index in [4.69, 9.17) is 4.42 Å². The summed E-state index contributed by atoms with van der Waals surface area (Å²) in [6.45, 7) is 0.732. The maximum atomic E-state index is 12.8. The predicted octanol–water partition coefficient (Wildman–Crippen LogP) is 4.15. The molecule has 2 aromatic carbocycles. The van der Waals surface area contributed by atoms with Gasteiger partial charge in [0.25, 0.3) is 0 Å². The van der Waals surface area contributed by atoms with Crippen molar-refractivity contribution in [1.29, 1.82) is 0 Å². The van der Waals surface area contributed by atoms with Crippen LogP contribution in [0.15, 0.2) is 77.4 Å². The molecule has 0 radical (unpaired) electrons. The topological polar surface area (TPSA) is 53.7 Å². The highest BCUT2D eigenvalue weighted by Crippen LogP contribution is 2.20. The summed E-state index contributed by atoms with van der Waals surface area (Å²) in [7, 11) is 0. The van der Waals surface area contributed by atoms with Gasteiger partial charge < -0.3 is 14.4 Å². The average molecular weight is 335 g/mol. The Hall–Kier alpha value is -3.01. The summed E-state index contributed by atoms with van der Waals surface area (Å²) in [6, 6.07) is 20.7. The molecule has 0 saturated carbocycles. The molecule has 0 unspecified atom stereocenters. The Morgan fingerprint density at radius 1 is 0.920 bits per heavy atom. The molecule has 0 aliphatic rings. The number of aryl methyl sites for hydroxylation is 1. The van der Waals surface area contributed by atoms with Crippen LogP contribution in [0.5, 0.6) is 5.75 Å². The van der Waals surface area contributed by atoms with Crippen LogP contribution in [0.4, 0.5) is 0 Å². The summed E-state index contributed by atoms with van der Waals surface area (Å²) in [5.74, 6) is 0.954. The van der Waals surface area contributed by atoms with Crippen LogP contribution >= 0.6 is 0 Å². The molecule has 1 N–H and O–H groups in total. The van der Waals surface area contributed by atoms with Gasteiger partial charge in [0.1, 0.15) is 11.5 Å². The smallest absolute Gasteiger partial charge is 0.223 e. The summed E-state index contributed by atoms with van der Waals surface area (Å²) in [4.78, 5) is 14.5. The van der Waals surface area contributed by atoms with Crippen LogP contribution in [0.25, 0.3) is 0 Å². The van der Waals surface area contributed by atoms with E-state index >= 15 is 0 Å². The molecule has 4 heteroatoms. The SMILES string of the molecule is O=C(CCc1ccccc1)N(Cc1ccco1)Cc1ccccc1O. The first-order valence-corrected chi connectivity index (χ1v) is 8.33. The summed E-state index contributed by atoms with van der Waals surface area (Å²) in [5, 5.41) is 10.0. The molecule has 0 spiro atoms. The van der Waals surface area contributed by atoms with Gasteiger partial charge in [-0.25, -0.2) is 0 Å². The second-order valence-corrected chi connectivity index (χ2v) is 5.94. The fraction of sp³-hybridized carbons (Fsp3) is 0.190. The Morgan fingerprint density at radius 3 is 2.40 bits per heavy atom. The predicted molar refractivity (Wildman–Crippen MR) is 95.8 cm³/mol. The Balaban J connectivity index is 1.71. The third-order valence-corrected chi connectivity index (χ3v) is 4.10. The minimum atomic E-state index is 0.0310. The quantitative estimate of drug-likeness (QED) is 0.706. The van der Waals surface area contributed by atoms with Crippen molar-refractivity contribution in [2.45, 2.75) is 25.9 Å². The second-order valence-electron chi connectivity index (χ2n) is 5.94. The lowest BCUT2D eigenvalue weighted by Gasteiger charge is -2.22. The molecule has 0 saturated heterocycles. The molecule has 4 nitrogen and oxygen atoms in total. The first-order chi connectivity index (χ1) is 12.2.